The SMILES string of the molecule is CCC1(Cn2ccc(=O)cc2)CCC1. The van der Waals surface area contributed by atoms with E-state index >= 15 is 0 Å². The molecule has 1 aromatic heterocycles. The third-order valence-electron chi connectivity index (χ3n) is 3.54. The molecule has 1 fully saturated rings. The van der Waals surface area contributed by atoms with E-state index in [1.165, 1.54) is 25.7 Å². The lowest BCUT2D eigenvalue weighted by Gasteiger charge is -2.41. The van der Waals surface area contributed by atoms with Crippen molar-refractivity contribution in [1.29, 1.82) is 0 Å². The van der Waals surface area contributed by atoms with E-state index < -0.39 is 0 Å². The minimum absolute atomic E-state index is 0.0976. The van der Waals surface area contributed by atoms with Crippen LogP contribution in [0, 0.1) is 5.41 Å². The summed E-state index contributed by atoms with van der Waals surface area (Å²) >= 11 is 0. The molecule has 1 aromatic rings. The smallest absolute Gasteiger partial charge is 0.181 e. The van der Waals surface area contributed by atoms with Crippen molar-refractivity contribution >= 4 is 0 Å². The van der Waals surface area contributed by atoms with E-state index in [0.717, 1.165) is 6.54 Å². The number of aromatic nitrogens is 1. The van der Waals surface area contributed by atoms with Gasteiger partial charge in [0.1, 0.15) is 0 Å². The van der Waals surface area contributed by atoms with Crippen LogP contribution in [0.5, 0.6) is 0 Å². The number of rotatable bonds is 3. The Bertz CT molecular complexity index is 337. The summed E-state index contributed by atoms with van der Waals surface area (Å²) < 4.78 is 2.14. The Labute approximate surface area is 84.6 Å². The Morgan fingerprint density at radius 3 is 2.43 bits per heavy atom. The van der Waals surface area contributed by atoms with Crippen LogP contribution in [0.2, 0.25) is 0 Å². The fourth-order valence-electron chi connectivity index (χ4n) is 2.24. The Morgan fingerprint density at radius 1 is 1.36 bits per heavy atom. The molecule has 0 bridgehead atoms. The lowest BCUT2D eigenvalue weighted by Crippen LogP contribution is -2.33. The minimum Gasteiger partial charge on any atom is -0.353 e. The second-order valence-corrected chi connectivity index (χ2v) is 4.41. The second kappa shape index (κ2) is 3.60. The van der Waals surface area contributed by atoms with Gasteiger partial charge in [-0.2, -0.15) is 0 Å². The molecular weight excluding hydrogens is 174 g/mol. The largest absolute Gasteiger partial charge is 0.353 e. The van der Waals surface area contributed by atoms with Gasteiger partial charge in [-0.05, 0) is 24.7 Å². The average Bonchev–Trinajstić information content (AvgIpc) is 2.15. The first kappa shape index (κ1) is 9.50. The van der Waals surface area contributed by atoms with E-state index in [9.17, 15) is 4.79 Å². The van der Waals surface area contributed by atoms with Crippen molar-refractivity contribution in [1.82, 2.24) is 4.57 Å². The summed E-state index contributed by atoms with van der Waals surface area (Å²) in [4.78, 5) is 10.9. The molecule has 14 heavy (non-hydrogen) atoms. The molecule has 0 radical (unpaired) electrons. The van der Waals surface area contributed by atoms with Crippen molar-refractivity contribution in [3.63, 3.8) is 0 Å². The fourth-order valence-corrected chi connectivity index (χ4v) is 2.24. The van der Waals surface area contributed by atoms with Gasteiger partial charge in [-0.15, -0.1) is 0 Å². The molecule has 0 atom stereocenters. The fraction of sp³-hybridized carbons (Fsp3) is 0.583. The molecular formula is C12H17NO. The molecule has 76 valence electrons. The minimum atomic E-state index is 0.0976. The summed E-state index contributed by atoms with van der Waals surface area (Å²) in [5.74, 6) is 0. The second-order valence-electron chi connectivity index (χ2n) is 4.41. The van der Waals surface area contributed by atoms with E-state index in [-0.39, 0.29) is 5.43 Å². The summed E-state index contributed by atoms with van der Waals surface area (Å²) in [5, 5.41) is 0. The van der Waals surface area contributed by atoms with Gasteiger partial charge >= 0.3 is 0 Å². The lowest BCUT2D eigenvalue weighted by atomic mass is 9.67. The van der Waals surface area contributed by atoms with E-state index in [1.807, 2.05) is 12.4 Å². The number of nitrogens with zero attached hydrogens (tertiary/aromatic N) is 1. The third-order valence-corrected chi connectivity index (χ3v) is 3.54. The molecule has 0 aromatic carbocycles. The van der Waals surface area contributed by atoms with Crippen molar-refractivity contribution in [3.05, 3.63) is 34.7 Å². The summed E-state index contributed by atoms with van der Waals surface area (Å²) in [5.41, 5.74) is 0.620. The zero-order chi connectivity index (χ0) is 10.0. The summed E-state index contributed by atoms with van der Waals surface area (Å²) in [6.07, 6.45) is 9.11. The first-order valence-corrected chi connectivity index (χ1v) is 5.40. The van der Waals surface area contributed by atoms with Crippen LogP contribution in [0.15, 0.2) is 29.3 Å². The van der Waals surface area contributed by atoms with Crippen LogP contribution in [0.3, 0.4) is 0 Å². The third kappa shape index (κ3) is 1.74. The van der Waals surface area contributed by atoms with E-state index in [2.05, 4.69) is 11.5 Å². The Balaban J connectivity index is 2.10. The van der Waals surface area contributed by atoms with Crippen molar-refractivity contribution in [2.75, 3.05) is 0 Å². The van der Waals surface area contributed by atoms with Gasteiger partial charge in [-0.25, -0.2) is 0 Å². The average molecular weight is 191 g/mol. The maximum atomic E-state index is 10.9. The maximum Gasteiger partial charge on any atom is 0.181 e. The first-order valence-electron chi connectivity index (χ1n) is 5.40. The Morgan fingerprint density at radius 2 is 2.00 bits per heavy atom. The highest BCUT2D eigenvalue weighted by Gasteiger charge is 2.34. The van der Waals surface area contributed by atoms with Crippen molar-refractivity contribution in [2.24, 2.45) is 5.41 Å². The van der Waals surface area contributed by atoms with Crippen LogP contribution in [0.1, 0.15) is 32.6 Å². The van der Waals surface area contributed by atoms with Gasteiger partial charge < -0.3 is 4.57 Å². The summed E-state index contributed by atoms with van der Waals surface area (Å²) in [7, 11) is 0. The van der Waals surface area contributed by atoms with Crippen LogP contribution >= 0.6 is 0 Å². The highest BCUT2D eigenvalue weighted by atomic mass is 16.1. The van der Waals surface area contributed by atoms with Gasteiger partial charge in [-0.1, -0.05) is 13.3 Å². The van der Waals surface area contributed by atoms with Gasteiger partial charge in [0.15, 0.2) is 5.43 Å². The molecule has 0 saturated heterocycles. The Hall–Kier alpha value is -1.05. The van der Waals surface area contributed by atoms with Gasteiger partial charge in [0.05, 0.1) is 0 Å². The van der Waals surface area contributed by atoms with E-state index in [1.54, 1.807) is 12.1 Å². The van der Waals surface area contributed by atoms with E-state index in [4.69, 9.17) is 0 Å². The zero-order valence-electron chi connectivity index (χ0n) is 8.70. The summed E-state index contributed by atoms with van der Waals surface area (Å²) in [6, 6.07) is 3.28. The molecule has 2 rings (SSSR count). The number of hydrogen-bond donors (Lipinski definition) is 0. The highest BCUT2D eigenvalue weighted by molar-refractivity contribution is 4.96. The van der Waals surface area contributed by atoms with Crippen LogP contribution in [-0.4, -0.2) is 4.57 Å². The van der Waals surface area contributed by atoms with Gasteiger partial charge in [0.25, 0.3) is 0 Å². The van der Waals surface area contributed by atoms with Crippen LogP contribution in [0.4, 0.5) is 0 Å². The topological polar surface area (TPSA) is 22.0 Å². The molecule has 0 aliphatic heterocycles. The highest BCUT2D eigenvalue weighted by Crippen LogP contribution is 2.44. The Kier molecular flexibility index (Phi) is 2.44. The summed E-state index contributed by atoms with van der Waals surface area (Å²) in [6.45, 7) is 3.34. The predicted octanol–water partition coefficient (Wildman–Crippen LogP) is 2.43. The van der Waals surface area contributed by atoms with Crippen molar-refractivity contribution in [2.45, 2.75) is 39.2 Å². The van der Waals surface area contributed by atoms with Gasteiger partial charge in [0.2, 0.25) is 0 Å². The number of pyridine rings is 1. The first-order chi connectivity index (χ1) is 6.74. The lowest BCUT2D eigenvalue weighted by molar-refractivity contribution is 0.100. The molecule has 0 amide bonds. The van der Waals surface area contributed by atoms with Crippen LogP contribution in [0.25, 0.3) is 0 Å². The quantitative estimate of drug-likeness (QED) is 0.719. The van der Waals surface area contributed by atoms with Crippen LogP contribution < -0.4 is 5.43 Å². The van der Waals surface area contributed by atoms with Gasteiger partial charge in [0, 0.05) is 31.1 Å². The van der Waals surface area contributed by atoms with Gasteiger partial charge in [-0.3, -0.25) is 4.79 Å². The maximum absolute atomic E-state index is 10.9. The zero-order valence-corrected chi connectivity index (χ0v) is 8.70. The monoisotopic (exact) mass is 191 g/mol. The molecule has 0 spiro atoms. The molecule has 0 unspecified atom stereocenters. The van der Waals surface area contributed by atoms with E-state index in [0.29, 0.717) is 5.41 Å². The van der Waals surface area contributed by atoms with Crippen molar-refractivity contribution in [3.8, 4) is 0 Å². The normalized spacial score (nSPS) is 18.9. The molecule has 2 nitrogen and oxygen atoms in total. The molecule has 1 heterocycles. The number of hydrogen-bond acceptors (Lipinski definition) is 1. The predicted molar refractivity (Wildman–Crippen MR) is 57.3 cm³/mol. The molecule has 0 N–H and O–H groups in total. The molecule has 1 aliphatic carbocycles. The molecule has 1 saturated carbocycles. The van der Waals surface area contributed by atoms with Crippen molar-refractivity contribution < 1.29 is 0 Å². The molecule has 1 aliphatic rings. The standard InChI is InChI=1S/C12H17NO/c1-2-12(6-3-7-12)10-13-8-4-11(14)5-9-13/h4-5,8-9H,2-3,6-7,10H2,1H3. The molecule has 2 heteroatoms. The van der Waals surface area contributed by atoms with Crippen LogP contribution in [-0.2, 0) is 6.54 Å².